The Morgan fingerprint density at radius 2 is 1.90 bits per heavy atom. The molecule has 3 heteroatoms. The molecule has 2 aromatic rings. The summed E-state index contributed by atoms with van der Waals surface area (Å²) in [4.78, 5) is 4.50. The van der Waals surface area contributed by atoms with Gasteiger partial charge in [0.2, 0.25) is 5.88 Å². The molecule has 1 heterocycles. The summed E-state index contributed by atoms with van der Waals surface area (Å²) in [5, 5.41) is 3.35. The Bertz CT molecular complexity index is 514. The van der Waals surface area contributed by atoms with Crippen LogP contribution >= 0.6 is 0 Å². The van der Waals surface area contributed by atoms with E-state index in [4.69, 9.17) is 4.74 Å². The molecule has 1 aromatic heterocycles. The number of nitrogens with zero attached hydrogens (tertiary/aromatic N) is 1. The molecule has 0 saturated carbocycles. The molecule has 0 saturated heterocycles. The van der Waals surface area contributed by atoms with E-state index in [1.165, 1.54) is 5.56 Å². The first-order valence-electron chi connectivity index (χ1n) is 7.72. The van der Waals surface area contributed by atoms with Gasteiger partial charge in [0, 0.05) is 12.6 Å². The van der Waals surface area contributed by atoms with Gasteiger partial charge in [0.25, 0.3) is 0 Å². The van der Waals surface area contributed by atoms with E-state index in [2.05, 4.69) is 41.5 Å². The van der Waals surface area contributed by atoms with Crippen LogP contribution in [0.4, 0.5) is 0 Å². The molecule has 112 valence electrons. The predicted octanol–water partition coefficient (Wildman–Crippen LogP) is 3.59. The number of benzene rings is 1. The molecule has 1 aromatic carbocycles. The van der Waals surface area contributed by atoms with Gasteiger partial charge in [-0.1, -0.05) is 43.3 Å². The smallest absolute Gasteiger partial charge is 0.213 e. The summed E-state index contributed by atoms with van der Waals surface area (Å²) in [5.74, 6) is 0.721. The minimum Gasteiger partial charge on any atom is -0.478 e. The zero-order valence-corrected chi connectivity index (χ0v) is 12.7. The second-order valence-electron chi connectivity index (χ2n) is 5.08. The van der Waals surface area contributed by atoms with Crippen molar-refractivity contribution in [2.75, 3.05) is 13.2 Å². The zero-order valence-electron chi connectivity index (χ0n) is 12.7. The van der Waals surface area contributed by atoms with E-state index in [1.54, 1.807) is 0 Å². The maximum Gasteiger partial charge on any atom is 0.213 e. The minimum absolute atomic E-state index is 0.702. The van der Waals surface area contributed by atoms with Gasteiger partial charge < -0.3 is 10.1 Å². The van der Waals surface area contributed by atoms with Gasteiger partial charge in [-0.15, -0.1) is 0 Å². The zero-order chi connectivity index (χ0) is 14.8. The molecule has 2 rings (SSSR count). The summed E-state index contributed by atoms with van der Waals surface area (Å²) in [6.45, 7) is 4.68. The van der Waals surface area contributed by atoms with Gasteiger partial charge in [0.05, 0.1) is 12.3 Å². The molecule has 0 amide bonds. The Balaban J connectivity index is 1.71. The third kappa shape index (κ3) is 5.96. The number of ether oxygens (including phenoxy) is 1. The maximum absolute atomic E-state index is 5.74. The second kappa shape index (κ2) is 9.14. The molecule has 0 aliphatic carbocycles. The minimum atomic E-state index is 0.702. The van der Waals surface area contributed by atoms with Crippen molar-refractivity contribution in [3.8, 4) is 5.88 Å². The number of hydrogen-bond donors (Lipinski definition) is 1. The van der Waals surface area contributed by atoms with E-state index in [1.807, 2.05) is 24.3 Å². The van der Waals surface area contributed by atoms with E-state index in [0.29, 0.717) is 6.61 Å². The third-order valence-corrected chi connectivity index (χ3v) is 3.22. The van der Waals surface area contributed by atoms with Crippen molar-refractivity contribution in [1.82, 2.24) is 10.3 Å². The van der Waals surface area contributed by atoms with Crippen molar-refractivity contribution in [2.24, 2.45) is 0 Å². The average Bonchev–Trinajstić information content (AvgIpc) is 2.53. The summed E-state index contributed by atoms with van der Waals surface area (Å²) in [6.07, 6.45) is 3.18. The molecular weight excluding hydrogens is 260 g/mol. The Labute approximate surface area is 127 Å². The summed E-state index contributed by atoms with van der Waals surface area (Å²) in [5.41, 5.74) is 2.38. The maximum atomic E-state index is 5.74. The molecular formula is C18H24N2O. The van der Waals surface area contributed by atoms with Crippen LogP contribution in [0, 0.1) is 0 Å². The molecule has 21 heavy (non-hydrogen) atoms. The first kappa shape index (κ1) is 15.5. The fraction of sp³-hybridized carbons (Fsp3) is 0.389. The van der Waals surface area contributed by atoms with Gasteiger partial charge in [0.15, 0.2) is 0 Å². The normalized spacial score (nSPS) is 10.5. The van der Waals surface area contributed by atoms with Crippen LogP contribution in [0.2, 0.25) is 0 Å². The van der Waals surface area contributed by atoms with Crippen LogP contribution in [-0.4, -0.2) is 18.1 Å². The molecule has 0 unspecified atom stereocenters. The monoisotopic (exact) mass is 284 g/mol. The van der Waals surface area contributed by atoms with Gasteiger partial charge >= 0.3 is 0 Å². The van der Waals surface area contributed by atoms with Crippen LogP contribution in [0.5, 0.6) is 5.88 Å². The Morgan fingerprint density at radius 3 is 2.71 bits per heavy atom. The second-order valence-corrected chi connectivity index (χ2v) is 5.08. The quantitative estimate of drug-likeness (QED) is 0.715. The Hall–Kier alpha value is -1.87. The molecule has 0 aliphatic heterocycles. The average molecular weight is 284 g/mol. The lowest BCUT2D eigenvalue weighted by Gasteiger charge is -2.08. The van der Waals surface area contributed by atoms with Crippen LogP contribution in [0.25, 0.3) is 0 Å². The van der Waals surface area contributed by atoms with Crippen molar-refractivity contribution in [3.63, 3.8) is 0 Å². The van der Waals surface area contributed by atoms with E-state index < -0.39 is 0 Å². The highest BCUT2D eigenvalue weighted by atomic mass is 16.5. The van der Waals surface area contributed by atoms with Gasteiger partial charge in [-0.25, -0.2) is 4.98 Å². The lowest BCUT2D eigenvalue weighted by molar-refractivity contribution is 0.298. The van der Waals surface area contributed by atoms with Crippen LogP contribution in [-0.2, 0) is 13.0 Å². The standard InChI is InChI=1S/C18H24N2O/c1-2-13-19-15-17-11-6-12-18(20-17)21-14-7-10-16-8-4-3-5-9-16/h3-6,8-9,11-12,19H,2,7,10,13-15H2,1H3. The number of nitrogens with one attached hydrogen (secondary N) is 1. The van der Waals surface area contributed by atoms with Gasteiger partial charge in [-0.2, -0.15) is 0 Å². The number of pyridine rings is 1. The topological polar surface area (TPSA) is 34.1 Å². The molecule has 0 fully saturated rings. The number of rotatable bonds is 9. The lowest BCUT2D eigenvalue weighted by Crippen LogP contribution is -2.15. The van der Waals surface area contributed by atoms with Crippen molar-refractivity contribution in [2.45, 2.75) is 32.7 Å². The predicted molar refractivity (Wildman–Crippen MR) is 86.5 cm³/mol. The van der Waals surface area contributed by atoms with Crippen molar-refractivity contribution >= 4 is 0 Å². The highest BCUT2D eigenvalue weighted by Crippen LogP contribution is 2.09. The first-order chi connectivity index (χ1) is 10.4. The SMILES string of the molecule is CCCNCc1cccc(OCCCc2ccccc2)n1. The molecule has 0 bridgehead atoms. The van der Waals surface area contributed by atoms with Gasteiger partial charge in [-0.3, -0.25) is 0 Å². The lowest BCUT2D eigenvalue weighted by atomic mass is 10.1. The Morgan fingerprint density at radius 1 is 1.05 bits per heavy atom. The third-order valence-electron chi connectivity index (χ3n) is 3.22. The molecule has 0 radical (unpaired) electrons. The van der Waals surface area contributed by atoms with Crippen LogP contribution in [0.3, 0.4) is 0 Å². The van der Waals surface area contributed by atoms with Crippen LogP contribution < -0.4 is 10.1 Å². The highest BCUT2D eigenvalue weighted by molar-refractivity contribution is 5.16. The van der Waals surface area contributed by atoms with Crippen LogP contribution in [0.15, 0.2) is 48.5 Å². The van der Waals surface area contributed by atoms with Gasteiger partial charge in [0.1, 0.15) is 0 Å². The molecule has 1 N–H and O–H groups in total. The van der Waals surface area contributed by atoms with E-state index in [0.717, 1.165) is 43.9 Å². The summed E-state index contributed by atoms with van der Waals surface area (Å²) >= 11 is 0. The molecule has 0 aliphatic rings. The number of hydrogen-bond acceptors (Lipinski definition) is 3. The van der Waals surface area contributed by atoms with E-state index >= 15 is 0 Å². The van der Waals surface area contributed by atoms with Gasteiger partial charge in [-0.05, 0) is 37.4 Å². The summed E-state index contributed by atoms with van der Waals surface area (Å²) in [7, 11) is 0. The number of aromatic nitrogens is 1. The van der Waals surface area contributed by atoms with Crippen molar-refractivity contribution in [3.05, 3.63) is 59.8 Å². The largest absolute Gasteiger partial charge is 0.478 e. The van der Waals surface area contributed by atoms with E-state index in [-0.39, 0.29) is 0 Å². The fourth-order valence-corrected chi connectivity index (χ4v) is 2.13. The number of aryl methyl sites for hydroxylation is 1. The van der Waals surface area contributed by atoms with Crippen LogP contribution in [0.1, 0.15) is 31.0 Å². The Kier molecular flexibility index (Phi) is 6.75. The first-order valence-corrected chi connectivity index (χ1v) is 7.72. The van der Waals surface area contributed by atoms with Crippen molar-refractivity contribution in [1.29, 1.82) is 0 Å². The molecule has 0 spiro atoms. The summed E-state index contributed by atoms with van der Waals surface area (Å²) < 4.78 is 5.74. The summed E-state index contributed by atoms with van der Waals surface area (Å²) in [6, 6.07) is 16.4. The van der Waals surface area contributed by atoms with E-state index in [9.17, 15) is 0 Å². The highest BCUT2D eigenvalue weighted by Gasteiger charge is 1.99. The van der Waals surface area contributed by atoms with Crippen molar-refractivity contribution < 1.29 is 4.74 Å². The fourth-order valence-electron chi connectivity index (χ4n) is 2.13. The molecule has 0 atom stereocenters. The molecule has 3 nitrogen and oxygen atoms in total.